The lowest BCUT2D eigenvalue weighted by Gasteiger charge is -2.32. The number of hydrogen-bond donors (Lipinski definition) is 1. The van der Waals surface area contributed by atoms with Crippen LogP contribution in [0.4, 0.5) is 0 Å². The van der Waals surface area contributed by atoms with Gasteiger partial charge in [0.15, 0.2) is 0 Å². The number of carboxylic acids is 1. The summed E-state index contributed by atoms with van der Waals surface area (Å²) in [6.45, 7) is 5.05. The number of likely N-dealkylation sites (tertiary alicyclic amines) is 1. The monoisotopic (exact) mass is 315 g/mol. The smallest absolute Gasteiger partial charge is 0.320 e. The van der Waals surface area contributed by atoms with Gasteiger partial charge in [-0.05, 0) is 60.2 Å². The van der Waals surface area contributed by atoms with Gasteiger partial charge >= 0.3 is 5.97 Å². The molecule has 0 spiro atoms. The largest absolute Gasteiger partial charge is 0.480 e. The molecule has 4 heteroatoms. The number of aryl methyl sites for hydroxylation is 2. The van der Waals surface area contributed by atoms with Gasteiger partial charge in [0.25, 0.3) is 0 Å². The molecule has 1 aromatic heterocycles. The summed E-state index contributed by atoms with van der Waals surface area (Å²) in [4.78, 5) is 13.8. The van der Waals surface area contributed by atoms with Gasteiger partial charge in [-0.3, -0.25) is 9.69 Å². The topological polar surface area (TPSA) is 40.5 Å². The van der Waals surface area contributed by atoms with Crippen molar-refractivity contribution < 1.29 is 9.90 Å². The Morgan fingerprint density at radius 1 is 1.36 bits per heavy atom. The van der Waals surface area contributed by atoms with Crippen LogP contribution in [0.3, 0.4) is 0 Å². The highest BCUT2D eigenvalue weighted by molar-refractivity contribution is 7.08. The number of rotatable bonds is 4. The summed E-state index contributed by atoms with van der Waals surface area (Å²) < 4.78 is 0. The Morgan fingerprint density at radius 2 is 2.18 bits per heavy atom. The van der Waals surface area contributed by atoms with Crippen molar-refractivity contribution >= 4 is 17.3 Å². The lowest BCUT2D eigenvalue weighted by Crippen LogP contribution is -2.39. The second-order valence-electron chi connectivity index (χ2n) is 6.05. The van der Waals surface area contributed by atoms with Crippen LogP contribution in [0, 0.1) is 13.8 Å². The number of nitrogens with zero attached hydrogens (tertiary/aromatic N) is 1. The fourth-order valence-electron chi connectivity index (χ4n) is 3.48. The molecular formula is C18H21NO2S. The lowest BCUT2D eigenvalue weighted by atomic mass is 9.93. The standard InChI is InChI=1S/C18H21NO2S/c1-12-5-6-15(13(2)10-12)17(14-7-9-22-11-14)19-8-3-4-16(19)18(20)21/h5-7,9-11,16-17H,3-4,8H2,1-2H3,(H,20,21). The van der Waals surface area contributed by atoms with Gasteiger partial charge < -0.3 is 5.11 Å². The third kappa shape index (κ3) is 2.81. The van der Waals surface area contributed by atoms with Gasteiger partial charge in [-0.2, -0.15) is 11.3 Å². The van der Waals surface area contributed by atoms with Crippen molar-refractivity contribution in [3.8, 4) is 0 Å². The summed E-state index contributed by atoms with van der Waals surface area (Å²) in [5, 5.41) is 13.8. The molecule has 0 saturated carbocycles. The first-order valence-corrected chi connectivity index (χ1v) is 8.60. The maximum Gasteiger partial charge on any atom is 0.320 e. The van der Waals surface area contributed by atoms with Crippen LogP contribution in [0.1, 0.15) is 41.1 Å². The molecule has 1 aliphatic rings. The summed E-state index contributed by atoms with van der Waals surface area (Å²) in [5.74, 6) is -0.706. The molecule has 0 bridgehead atoms. The van der Waals surface area contributed by atoms with E-state index in [1.807, 2.05) is 0 Å². The van der Waals surface area contributed by atoms with E-state index < -0.39 is 5.97 Å². The molecule has 22 heavy (non-hydrogen) atoms. The van der Waals surface area contributed by atoms with Crippen LogP contribution in [0.2, 0.25) is 0 Å². The van der Waals surface area contributed by atoms with Crippen molar-refractivity contribution in [1.29, 1.82) is 0 Å². The molecule has 1 fully saturated rings. The molecule has 2 heterocycles. The number of carbonyl (C=O) groups is 1. The molecule has 116 valence electrons. The van der Waals surface area contributed by atoms with Gasteiger partial charge in [0.2, 0.25) is 0 Å². The van der Waals surface area contributed by atoms with E-state index in [-0.39, 0.29) is 12.1 Å². The number of thiophene rings is 1. The maximum atomic E-state index is 11.6. The average molecular weight is 315 g/mol. The number of benzene rings is 1. The maximum absolute atomic E-state index is 11.6. The van der Waals surface area contributed by atoms with Crippen LogP contribution in [-0.4, -0.2) is 28.6 Å². The highest BCUT2D eigenvalue weighted by Crippen LogP contribution is 2.37. The Bertz CT molecular complexity index is 666. The van der Waals surface area contributed by atoms with Gasteiger partial charge in [-0.15, -0.1) is 0 Å². The normalized spacial score (nSPS) is 20.2. The molecule has 1 aliphatic heterocycles. The van der Waals surface area contributed by atoms with Crippen molar-refractivity contribution in [1.82, 2.24) is 4.90 Å². The number of hydrogen-bond acceptors (Lipinski definition) is 3. The lowest BCUT2D eigenvalue weighted by molar-refractivity contribution is -0.142. The van der Waals surface area contributed by atoms with E-state index in [0.29, 0.717) is 0 Å². The van der Waals surface area contributed by atoms with Crippen LogP contribution in [0.25, 0.3) is 0 Å². The number of aliphatic carboxylic acids is 1. The molecule has 2 unspecified atom stereocenters. The van der Waals surface area contributed by atoms with Crippen molar-refractivity contribution in [2.24, 2.45) is 0 Å². The van der Waals surface area contributed by atoms with Crippen LogP contribution < -0.4 is 0 Å². The zero-order valence-corrected chi connectivity index (χ0v) is 13.8. The molecule has 0 aliphatic carbocycles. The van der Waals surface area contributed by atoms with Gasteiger partial charge in [0, 0.05) is 6.54 Å². The Morgan fingerprint density at radius 3 is 2.82 bits per heavy atom. The predicted octanol–water partition coefficient (Wildman–Crippen LogP) is 4.00. The van der Waals surface area contributed by atoms with Crippen molar-refractivity contribution in [2.45, 2.75) is 38.8 Å². The van der Waals surface area contributed by atoms with E-state index in [1.165, 1.54) is 22.3 Å². The van der Waals surface area contributed by atoms with E-state index in [9.17, 15) is 9.90 Å². The zero-order valence-electron chi connectivity index (χ0n) is 13.0. The first-order valence-electron chi connectivity index (χ1n) is 7.65. The Kier molecular flexibility index (Phi) is 4.32. The Labute approximate surface area is 135 Å². The van der Waals surface area contributed by atoms with E-state index in [2.05, 4.69) is 53.8 Å². The molecule has 0 radical (unpaired) electrons. The molecule has 2 atom stereocenters. The molecular weight excluding hydrogens is 294 g/mol. The zero-order chi connectivity index (χ0) is 15.7. The van der Waals surface area contributed by atoms with Crippen LogP contribution in [0.5, 0.6) is 0 Å². The van der Waals surface area contributed by atoms with E-state index in [4.69, 9.17) is 0 Å². The summed E-state index contributed by atoms with van der Waals surface area (Å²) in [6.07, 6.45) is 1.68. The molecule has 1 aromatic carbocycles. The van der Waals surface area contributed by atoms with Crippen LogP contribution >= 0.6 is 11.3 Å². The van der Waals surface area contributed by atoms with Crippen molar-refractivity contribution in [2.75, 3.05) is 6.54 Å². The van der Waals surface area contributed by atoms with Gasteiger partial charge in [0.05, 0.1) is 6.04 Å². The fraction of sp³-hybridized carbons (Fsp3) is 0.389. The van der Waals surface area contributed by atoms with Gasteiger partial charge in [-0.25, -0.2) is 0 Å². The number of carboxylic acid groups (broad SMARTS) is 1. The van der Waals surface area contributed by atoms with E-state index in [1.54, 1.807) is 11.3 Å². The highest BCUT2D eigenvalue weighted by Gasteiger charge is 2.37. The highest BCUT2D eigenvalue weighted by atomic mass is 32.1. The predicted molar refractivity (Wildman–Crippen MR) is 89.4 cm³/mol. The second kappa shape index (κ2) is 6.23. The van der Waals surface area contributed by atoms with Gasteiger partial charge in [-0.1, -0.05) is 23.8 Å². The summed E-state index contributed by atoms with van der Waals surface area (Å²) in [6, 6.07) is 8.23. The SMILES string of the molecule is Cc1ccc(C(c2ccsc2)N2CCCC2C(=O)O)c(C)c1. The summed E-state index contributed by atoms with van der Waals surface area (Å²) in [7, 11) is 0. The molecule has 2 aromatic rings. The summed E-state index contributed by atoms with van der Waals surface area (Å²) >= 11 is 1.67. The molecule has 0 amide bonds. The minimum Gasteiger partial charge on any atom is -0.480 e. The second-order valence-corrected chi connectivity index (χ2v) is 6.83. The minimum atomic E-state index is -0.706. The average Bonchev–Trinajstić information content (AvgIpc) is 3.13. The molecule has 3 rings (SSSR count). The minimum absolute atomic E-state index is 0.0375. The summed E-state index contributed by atoms with van der Waals surface area (Å²) in [5.41, 5.74) is 4.89. The third-order valence-electron chi connectivity index (χ3n) is 4.49. The van der Waals surface area contributed by atoms with Crippen molar-refractivity contribution in [3.05, 3.63) is 57.3 Å². The van der Waals surface area contributed by atoms with E-state index in [0.717, 1.165) is 19.4 Å². The van der Waals surface area contributed by atoms with Crippen molar-refractivity contribution in [3.63, 3.8) is 0 Å². The molecule has 1 saturated heterocycles. The van der Waals surface area contributed by atoms with Crippen LogP contribution in [0.15, 0.2) is 35.0 Å². The first kappa shape index (κ1) is 15.3. The third-order valence-corrected chi connectivity index (χ3v) is 5.19. The molecule has 3 nitrogen and oxygen atoms in total. The Balaban J connectivity index is 2.07. The Hall–Kier alpha value is -1.65. The van der Waals surface area contributed by atoms with Crippen LogP contribution in [-0.2, 0) is 4.79 Å². The fourth-order valence-corrected chi connectivity index (χ4v) is 4.15. The quantitative estimate of drug-likeness (QED) is 0.927. The first-order chi connectivity index (χ1) is 10.6. The van der Waals surface area contributed by atoms with Gasteiger partial charge in [0.1, 0.15) is 6.04 Å². The molecule has 1 N–H and O–H groups in total. The van der Waals surface area contributed by atoms with E-state index >= 15 is 0 Å².